The Morgan fingerprint density at radius 2 is 1.88 bits per heavy atom. The highest BCUT2D eigenvalue weighted by molar-refractivity contribution is 5.66. The molecule has 1 aliphatic carbocycles. The number of benzene rings is 1. The Kier molecular flexibility index (Phi) is 11.6. The lowest BCUT2D eigenvalue weighted by Gasteiger charge is -2.30. The van der Waals surface area contributed by atoms with E-state index in [4.69, 9.17) is 14.6 Å². The fourth-order valence-corrected chi connectivity index (χ4v) is 5.31. The summed E-state index contributed by atoms with van der Waals surface area (Å²) < 4.78 is 12.2. The van der Waals surface area contributed by atoms with Crippen molar-refractivity contribution in [1.82, 2.24) is 0 Å². The Morgan fingerprint density at radius 3 is 2.62 bits per heavy atom. The first kappa shape index (κ1) is 26.9. The van der Waals surface area contributed by atoms with Gasteiger partial charge in [-0.1, -0.05) is 42.5 Å². The first-order valence-corrected chi connectivity index (χ1v) is 13.1. The van der Waals surface area contributed by atoms with Gasteiger partial charge in [0.25, 0.3) is 0 Å². The molecular weight excluding hydrogens is 432 g/mol. The topological polar surface area (TPSA) is 96.2 Å². The molecule has 1 aliphatic heterocycles. The van der Waals surface area contributed by atoms with Crippen LogP contribution < -0.4 is 0 Å². The number of aliphatic hydroxyl groups excluding tert-OH is 2. The van der Waals surface area contributed by atoms with Crippen LogP contribution in [0.5, 0.6) is 0 Å². The molecule has 1 heterocycles. The third-order valence-electron chi connectivity index (χ3n) is 7.26. The average Bonchev–Trinajstić information content (AvgIpc) is 3.11. The highest BCUT2D eigenvalue weighted by atomic mass is 16.7. The molecule has 34 heavy (non-hydrogen) atoms. The monoisotopic (exact) mass is 474 g/mol. The Morgan fingerprint density at radius 1 is 1.09 bits per heavy atom. The molecule has 1 aromatic carbocycles. The van der Waals surface area contributed by atoms with Gasteiger partial charge in [0.15, 0.2) is 6.29 Å². The number of hydrogen-bond acceptors (Lipinski definition) is 5. The zero-order chi connectivity index (χ0) is 24.2. The lowest BCUT2D eigenvalue weighted by Crippen LogP contribution is -2.30. The maximum absolute atomic E-state index is 10.7. The third kappa shape index (κ3) is 9.14. The van der Waals surface area contributed by atoms with E-state index in [1.807, 2.05) is 18.2 Å². The number of allylic oxidation sites excluding steroid dienone is 2. The molecule has 3 N–H and O–H groups in total. The van der Waals surface area contributed by atoms with Crippen molar-refractivity contribution < 1.29 is 29.6 Å². The zero-order valence-electron chi connectivity index (χ0n) is 20.3. The van der Waals surface area contributed by atoms with Crippen LogP contribution in [0.2, 0.25) is 0 Å². The maximum atomic E-state index is 10.7. The van der Waals surface area contributed by atoms with E-state index in [1.165, 1.54) is 5.56 Å². The number of hydrogen-bond donors (Lipinski definition) is 3. The lowest BCUT2D eigenvalue weighted by atomic mass is 9.85. The van der Waals surface area contributed by atoms with Crippen molar-refractivity contribution in [1.29, 1.82) is 0 Å². The smallest absolute Gasteiger partial charge is 0.303 e. The highest BCUT2D eigenvalue weighted by Gasteiger charge is 2.40. The Labute approximate surface area is 204 Å². The second-order valence-corrected chi connectivity index (χ2v) is 9.85. The minimum absolute atomic E-state index is 0.0198. The van der Waals surface area contributed by atoms with Crippen LogP contribution in [0.15, 0.2) is 42.5 Å². The molecule has 6 atom stereocenters. The summed E-state index contributed by atoms with van der Waals surface area (Å²) in [5, 5.41) is 30.0. The molecule has 0 bridgehead atoms. The van der Waals surface area contributed by atoms with Gasteiger partial charge in [-0.3, -0.25) is 4.79 Å². The first-order chi connectivity index (χ1) is 16.5. The molecule has 6 nitrogen and oxygen atoms in total. The van der Waals surface area contributed by atoms with Crippen molar-refractivity contribution in [2.75, 3.05) is 6.61 Å². The van der Waals surface area contributed by atoms with E-state index in [0.29, 0.717) is 19.3 Å². The number of unbranched alkanes of at least 4 members (excludes halogenated alkanes) is 1. The van der Waals surface area contributed by atoms with E-state index in [9.17, 15) is 15.0 Å². The Hall–Kier alpha value is -1.73. The lowest BCUT2D eigenvalue weighted by molar-refractivity contribution is -0.191. The zero-order valence-corrected chi connectivity index (χ0v) is 20.3. The summed E-state index contributed by atoms with van der Waals surface area (Å²) in [4.78, 5) is 10.6. The fourth-order valence-electron chi connectivity index (χ4n) is 5.31. The summed E-state index contributed by atoms with van der Waals surface area (Å²) >= 11 is 0. The van der Waals surface area contributed by atoms with Gasteiger partial charge in [0.05, 0.1) is 18.3 Å². The van der Waals surface area contributed by atoms with Crippen LogP contribution in [-0.4, -0.2) is 52.5 Å². The number of rotatable bonds is 14. The van der Waals surface area contributed by atoms with Gasteiger partial charge in [-0.25, -0.2) is 0 Å². The molecular formula is C28H42O6. The average molecular weight is 475 g/mol. The van der Waals surface area contributed by atoms with Crippen molar-refractivity contribution in [3.8, 4) is 0 Å². The van der Waals surface area contributed by atoms with Crippen molar-refractivity contribution in [3.05, 3.63) is 48.0 Å². The molecule has 2 aliphatic rings. The van der Waals surface area contributed by atoms with Gasteiger partial charge in [-0.2, -0.15) is 0 Å². The van der Waals surface area contributed by atoms with E-state index >= 15 is 0 Å². The van der Waals surface area contributed by atoms with Gasteiger partial charge in [0, 0.05) is 13.0 Å². The molecule has 1 saturated heterocycles. The van der Waals surface area contributed by atoms with Crippen molar-refractivity contribution in [3.63, 3.8) is 0 Å². The second-order valence-electron chi connectivity index (χ2n) is 9.85. The van der Waals surface area contributed by atoms with E-state index < -0.39 is 18.2 Å². The highest BCUT2D eigenvalue weighted by Crippen LogP contribution is 2.39. The van der Waals surface area contributed by atoms with E-state index in [2.05, 4.69) is 24.3 Å². The normalized spacial score (nSPS) is 28.4. The number of carboxylic acid groups (broad SMARTS) is 1. The molecule has 0 amide bonds. The summed E-state index contributed by atoms with van der Waals surface area (Å²) in [7, 11) is 0. The second kappa shape index (κ2) is 14.6. The standard InChI is InChI=1S/C28H42O6/c29-25-20-26(30)24(23(25)12-6-1-2-7-13-27(31)32)18-17-22(34-28-14-8-9-19-33-28)16-15-21-10-4-3-5-11-21/h1,3-6,10-11,22-26,28-30H,2,7-9,12-20H2,(H,31,32)/t22-,23+,24+,25-,26+,28?/m0/s1. The van der Waals surface area contributed by atoms with Gasteiger partial charge in [0.2, 0.25) is 0 Å². The summed E-state index contributed by atoms with van der Waals surface area (Å²) in [6.45, 7) is 0.754. The van der Waals surface area contributed by atoms with Crippen LogP contribution in [0, 0.1) is 11.8 Å². The number of carbonyl (C=O) groups is 1. The van der Waals surface area contributed by atoms with Gasteiger partial charge in [-0.15, -0.1) is 0 Å². The van der Waals surface area contributed by atoms with Gasteiger partial charge in [0.1, 0.15) is 0 Å². The largest absolute Gasteiger partial charge is 0.481 e. The Bertz CT molecular complexity index is 730. The quantitative estimate of drug-likeness (QED) is 0.263. The molecule has 2 fully saturated rings. The molecule has 1 aromatic rings. The molecule has 1 unspecified atom stereocenters. The molecule has 6 heteroatoms. The summed E-state index contributed by atoms with van der Waals surface area (Å²) in [5.74, 6) is -0.717. The van der Waals surface area contributed by atoms with Crippen LogP contribution in [0.3, 0.4) is 0 Å². The predicted octanol–water partition coefficient (Wildman–Crippen LogP) is 4.87. The summed E-state index contributed by atoms with van der Waals surface area (Å²) in [6, 6.07) is 10.4. The van der Waals surface area contributed by atoms with Crippen molar-refractivity contribution in [2.45, 2.75) is 102 Å². The first-order valence-electron chi connectivity index (χ1n) is 13.1. The number of aryl methyl sites for hydroxylation is 1. The molecule has 190 valence electrons. The minimum Gasteiger partial charge on any atom is -0.481 e. The van der Waals surface area contributed by atoms with Gasteiger partial charge >= 0.3 is 5.97 Å². The van der Waals surface area contributed by atoms with E-state index in [0.717, 1.165) is 58.0 Å². The molecule has 0 aromatic heterocycles. The fraction of sp³-hybridized carbons (Fsp3) is 0.679. The van der Waals surface area contributed by atoms with Crippen LogP contribution >= 0.6 is 0 Å². The summed E-state index contributed by atoms with van der Waals surface area (Å²) in [5.41, 5.74) is 1.29. The van der Waals surface area contributed by atoms with Crippen molar-refractivity contribution in [2.24, 2.45) is 11.8 Å². The van der Waals surface area contributed by atoms with Crippen molar-refractivity contribution >= 4 is 5.97 Å². The van der Waals surface area contributed by atoms with E-state index in [-0.39, 0.29) is 30.7 Å². The predicted molar refractivity (Wildman–Crippen MR) is 131 cm³/mol. The molecule has 1 saturated carbocycles. The number of aliphatic hydroxyl groups is 2. The SMILES string of the molecule is O=C(O)CCCC=CC[C@@H]1[C@@H](CC[C@H](CCc2ccccc2)OC2CCCCO2)[C@H](O)C[C@@H]1O. The maximum Gasteiger partial charge on any atom is 0.303 e. The summed E-state index contributed by atoms with van der Waals surface area (Å²) in [6.07, 6.45) is 12.2. The number of ether oxygens (including phenoxy) is 2. The van der Waals surface area contributed by atoms with Crippen LogP contribution in [-0.2, 0) is 20.7 Å². The number of carboxylic acids is 1. The van der Waals surface area contributed by atoms with E-state index in [1.54, 1.807) is 0 Å². The molecule has 0 radical (unpaired) electrons. The van der Waals surface area contributed by atoms with Gasteiger partial charge < -0.3 is 24.8 Å². The van der Waals surface area contributed by atoms with Crippen LogP contribution in [0.4, 0.5) is 0 Å². The third-order valence-corrected chi connectivity index (χ3v) is 7.26. The van der Waals surface area contributed by atoms with Crippen LogP contribution in [0.1, 0.15) is 76.2 Å². The minimum atomic E-state index is -0.773. The molecule has 3 rings (SSSR count). The van der Waals surface area contributed by atoms with Crippen LogP contribution in [0.25, 0.3) is 0 Å². The Balaban J connectivity index is 1.53. The molecule has 0 spiro atoms. The number of aliphatic carboxylic acids is 1. The van der Waals surface area contributed by atoms with Gasteiger partial charge in [-0.05, 0) is 88.0 Å².